The van der Waals surface area contributed by atoms with Gasteiger partial charge in [0.1, 0.15) is 5.75 Å². The van der Waals surface area contributed by atoms with Crippen molar-refractivity contribution in [1.29, 1.82) is 0 Å². The number of ether oxygens (including phenoxy) is 1. The van der Waals surface area contributed by atoms with Crippen LogP contribution in [-0.2, 0) is 0 Å². The van der Waals surface area contributed by atoms with Crippen molar-refractivity contribution in [3.8, 4) is 5.75 Å². The summed E-state index contributed by atoms with van der Waals surface area (Å²) in [7, 11) is 0. The highest BCUT2D eigenvalue weighted by Crippen LogP contribution is 2.29. The van der Waals surface area contributed by atoms with Crippen molar-refractivity contribution in [3.05, 3.63) is 42.0 Å². The Labute approximate surface area is 106 Å². The zero-order valence-electron chi connectivity index (χ0n) is 11.4. The van der Waals surface area contributed by atoms with Crippen LogP contribution >= 0.6 is 0 Å². The van der Waals surface area contributed by atoms with Crippen molar-refractivity contribution in [1.82, 2.24) is 0 Å². The molecule has 0 saturated heterocycles. The van der Waals surface area contributed by atoms with Crippen molar-refractivity contribution >= 4 is 0 Å². The van der Waals surface area contributed by atoms with Gasteiger partial charge in [-0.2, -0.15) is 0 Å². The predicted octanol–water partition coefficient (Wildman–Crippen LogP) is 4.79. The minimum atomic E-state index is 0.509. The Kier molecular flexibility index (Phi) is 5.82. The van der Waals surface area contributed by atoms with Crippen molar-refractivity contribution < 1.29 is 4.74 Å². The number of hydrogen-bond donors (Lipinski definition) is 0. The highest BCUT2D eigenvalue weighted by molar-refractivity contribution is 5.36. The maximum Gasteiger partial charge on any atom is 0.122 e. The Morgan fingerprint density at radius 3 is 2.53 bits per heavy atom. The van der Waals surface area contributed by atoms with Gasteiger partial charge >= 0.3 is 0 Å². The van der Waals surface area contributed by atoms with Gasteiger partial charge in [0, 0.05) is 0 Å². The van der Waals surface area contributed by atoms with Crippen LogP contribution in [-0.4, -0.2) is 6.61 Å². The van der Waals surface area contributed by atoms with E-state index < -0.39 is 0 Å². The zero-order chi connectivity index (χ0) is 12.7. The van der Waals surface area contributed by atoms with Crippen molar-refractivity contribution in [2.75, 3.05) is 6.61 Å². The zero-order valence-corrected chi connectivity index (χ0v) is 11.4. The molecule has 0 N–H and O–H groups in total. The summed E-state index contributed by atoms with van der Waals surface area (Å²) in [5.74, 6) is 2.11. The molecule has 1 aromatic carbocycles. The molecule has 0 aliphatic carbocycles. The first kappa shape index (κ1) is 13.8. The first-order valence-electron chi connectivity index (χ1n) is 6.48. The minimum Gasteiger partial charge on any atom is -0.493 e. The Morgan fingerprint density at radius 2 is 1.88 bits per heavy atom. The van der Waals surface area contributed by atoms with Gasteiger partial charge in [0.2, 0.25) is 0 Å². The summed E-state index contributed by atoms with van der Waals surface area (Å²) in [6.45, 7) is 9.44. The van der Waals surface area contributed by atoms with Crippen molar-refractivity contribution in [3.63, 3.8) is 0 Å². The summed E-state index contributed by atoms with van der Waals surface area (Å²) in [4.78, 5) is 0. The molecule has 0 saturated carbocycles. The summed E-state index contributed by atoms with van der Waals surface area (Å²) in [5, 5.41) is 0. The summed E-state index contributed by atoms with van der Waals surface area (Å²) < 4.78 is 5.88. The summed E-state index contributed by atoms with van der Waals surface area (Å²) in [6.07, 6.45) is 5.39. The van der Waals surface area contributed by atoms with E-state index >= 15 is 0 Å². The topological polar surface area (TPSA) is 9.23 Å². The average Bonchev–Trinajstić information content (AvgIpc) is 2.33. The smallest absolute Gasteiger partial charge is 0.122 e. The quantitative estimate of drug-likeness (QED) is 0.641. The highest BCUT2D eigenvalue weighted by atomic mass is 16.5. The lowest BCUT2D eigenvalue weighted by Gasteiger charge is -2.16. The Balaban J connectivity index is 2.75. The molecule has 1 heteroatoms. The molecule has 0 radical (unpaired) electrons. The molecule has 17 heavy (non-hydrogen) atoms. The van der Waals surface area contributed by atoms with Gasteiger partial charge in [-0.3, -0.25) is 0 Å². The van der Waals surface area contributed by atoms with Crippen LogP contribution in [0.15, 0.2) is 36.4 Å². The lowest BCUT2D eigenvalue weighted by molar-refractivity contribution is 0.267. The molecule has 0 fully saturated rings. The molecule has 0 aliphatic heterocycles. The maximum atomic E-state index is 5.88. The second-order valence-electron chi connectivity index (χ2n) is 4.95. The molecule has 0 spiro atoms. The fourth-order valence-corrected chi connectivity index (χ4v) is 1.74. The molecule has 0 bridgehead atoms. The van der Waals surface area contributed by atoms with Gasteiger partial charge in [0.15, 0.2) is 0 Å². The van der Waals surface area contributed by atoms with E-state index in [1.54, 1.807) is 0 Å². The van der Waals surface area contributed by atoms with E-state index in [4.69, 9.17) is 4.74 Å². The molecule has 0 aromatic heterocycles. The van der Waals surface area contributed by atoms with Crippen LogP contribution < -0.4 is 4.74 Å². The standard InChI is InChI=1S/C16H24O/c1-5-6-9-14(4)15-10-7-8-11-16(15)17-12-13(2)3/h5-8,10-11,13-14H,9,12H2,1-4H3/b6-5-. The van der Waals surface area contributed by atoms with Gasteiger partial charge in [0.05, 0.1) is 6.61 Å². The number of hydrogen-bond acceptors (Lipinski definition) is 1. The molecule has 1 unspecified atom stereocenters. The lowest BCUT2D eigenvalue weighted by Crippen LogP contribution is -2.07. The SMILES string of the molecule is C/C=C\CC(C)c1ccccc1OCC(C)C. The van der Waals surface area contributed by atoms with E-state index in [1.807, 2.05) is 6.07 Å². The summed E-state index contributed by atoms with van der Waals surface area (Å²) in [6, 6.07) is 8.37. The molecule has 1 aromatic rings. The molecule has 1 nitrogen and oxygen atoms in total. The molecule has 0 aliphatic rings. The molecular weight excluding hydrogens is 208 g/mol. The minimum absolute atomic E-state index is 0.509. The molecule has 0 amide bonds. The largest absolute Gasteiger partial charge is 0.493 e. The van der Waals surface area contributed by atoms with Crippen LogP contribution in [0.3, 0.4) is 0 Å². The third kappa shape index (κ3) is 4.64. The van der Waals surface area contributed by atoms with Gasteiger partial charge in [-0.1, -0.05) is 51.1 Å². The third-order valence-corrected chi connectivity index (χ3v) is 2.75. The monoisotopic (exact) mass is 232 g/mol. The van der Waals surface area contributed by atoms with E-state index in [2.05, 4.69) is 58.0 Å². The second kappa shape index (κ2) is 7.16. The first-order valence-corrected chi connectivity index (χ1v) is 6.48. The maximum absolute atomic E-state index is 5.88. The van der Waals surface area contributed by atoms with Crippen LogP contribution in [0.2, 0.25) is 0 Å². The molecular formula is C16H24O. The average molecular weight is 232 g/mol. The fraction of sp³-hybridized carbons (Fsp3) is 0.500. The highest BCUT2D eigenvalue weighted by Gasteiger charge is 2.10. The van der Waals surface area contributed by atoms with Gasteiger partial charge in [-0.05, 0) is 36.8 Å². The van der Waals surface area contributed by atoms with Crippen LogP contribution in [0.1, 0.15) is 45.6 Å². The lowest BCUT2D eigenvalue weighted by atomic mass is 9.96. The molecule has 1 atom stereocenters. The number of rotatable bonds is 6. The van der Waals surface area contributed by atoms with E-state index in [9.17, 15) is 0 Å². The van der Waals surface area contributed by atoms with Crippen LogP contribution in [0.25, 0.3) is 0 Å². The van der Waals surface area contributed by atoms with E-state index in [0.29, 0.717) is 11.8 Å². The van der Waals surface area contributed by atoms with Crippen LogP contribution in [0.4, 0.5) is 0 Å². The van der Waals surface area contributed by atoms with Crippen LogP contribution in [0.5, 0.6) is 5.75 Å². The van der Waals surface area contributed by atoms with E-state index in [1.165, 1.54) is 5.56 Å². The van der Waals surface area contributed by atoms with Crippen molar-refractivity contribution in [2.45, 2.75) is 40.0 Å². The Bertz CT molecular complexity index is 352. The Hall–Kier alpha value is -1.24. The van der Waals surface area contributed by atoms with Gasteiger partial charge < -0.3 is 4.74 Å². The van der Waals surface area contributed by atoms with Crippen LogP contribution in [0, 0.1) is 5.92 Å². The normalized spacial score (nSPS) is 13.2. The summed E-state index contributed by atoms with van der Waals surface area (Å²) in [5.41, 5.74) is 1.31. The summed E-state index contributed by atoms with van der Waals surface area (Å²) >= 11 is 0. The van der Waals surface area contributed by atoms with Crippen molar-refractivity contribution in [2.24, 2.45) is 5.92 Å². The van der Waals surface area contributed by atoms with Gasteiger partial charge in [0.25, 0.3) is 0 Å². The third-order valence-electron chi connectivity index (χ3n) is 2.75. The molecule has 94 valence electrons. The predicted molar refractivity (Wildman–Crippen MR) is 74.6 cm³/mol. The van der Waals surface area contributed by atoms with Gasteiger partial charge in [-0.25, -0.2) is 0 Å². The number of allylic oxidation sites excluding steroid dienone is 2. The van der Waals surface area contributed by atoms with Gasteiger partial charge in [-0.15, -0.1) is 0 Å². The molecule has 1 rings (SSSR count). The number of benzene rings is 1. The van der Waals surface area contributed by atoms with E-state index in [0.717, 1.165) is 18.8 Å². The molecule has 0 heterocycles. The first-order chi connectivity index (χ1) is 8.15. The fourth-order valence-electron chi connectivity index (χ4n) is 1.74. The second-order valence-corrected chi connectivity index (χ2v) is 4.95. The number of para-hydroxylation sites is 1. The van der Waals surface area contributed by atoms with E-state index in [-0.39, 0.29) is 0 Å². The Morgan fingerprint density at radius 1 is 1.18 bits per heavy atom.